The Balaban J connectivity index is 1.12. The maximum atomic E-state index is 5.44. The summed E-state index contributed by atoms with van der Waals surface area (Å²) in [6.45, 7) is 4.48. The Morgan fingerprint density at radius 1 is 0.472 bits per heavy atom. The molecule has 7 aromatic carbocycles. The minimum absolute atomic E-state index is 0.222. The largest absolute Gasteiger partial charge is 0.309 e. The summed E-state index contributed by atoms with van der Waals surface area (Å²) >= 11 is 0. The first-order chi connectivity index (χ1) is 26.0. The Morgan fingerprint density at radius 2 is 1.04 bits per heavy atom. The molecular formula is C49H34N4. The lowest BCUT2D eigenvalue weighted by Crippen LogP contribution is -2.16. The van der Waals surface area contributed by atoms with Crippen LogP contribution in [-0.2, 0) is 5.41 Å². The van der Waals surface area contributed by atoms with Crippen molar-refractivity contribution >= 4 is 60.5 Å². The molecule has 0 bridgehead atoms. The summed E-state index contributed by atoms with van der Waals surface area (Å²) < 4.78 is 4.62. The average Bonchev–Trinajstić information content (AvgIpc) is 3.83. The van der Waals surface area contributed by atoms with Crippen LogP contribution in [0.3, 0.4) is 0 Å². The Labute approximate surface area is 306 Å². The molecule has 0 radical (unpaired) electrons. The molecule has 0 N–H and O–H groups in total. The van der Waals surface area contributed by atoms with Gasteiger partial charge in [-0.15, -0.1) is 0 Å². The van der Waals surface area contributed by atoms with E-state index in [4.69, 9.17) is 9.97 Å². The first kappa shape index (κ1) is 29.9. The van der Waals surface area contributed by atoms with E-state index in [1.165, 1.54) is 54.5 Å². The molecule has 3 aromatic heterocycles. The molecule has 0 saturated heterocycles. The normalized spacial score (nSPS) is 13.5. The van der Waals surface area contributed by atoms with Crippen LogP contribution in [0, 0.1) is 0 Å². The molecule has 0 unspecified atom stereocenters. The van der Waals surface area contributed by atoms with Gasteiger partial charge in [-0.05, 0) is 70.4 Å². The predicted octanol–water partition coefficient (Wildman–Crippen LogP) is 12.5. The fourth-order valence-corrected chi connectivity index (χ4v) is 8.59. The second-order valence-electron chi connectivity index (χ2n) is 14.7. The van der Waals surface area contributed by atoms with Gasteiger partial charge in [-0.2, -0.15) is 0 Å². The second-order valence-corrected chi connectivity index (χ2v) is 14.7. The van der Waals surface area contributed by atoms with Crippen molar-refractivity contribution in [3.63, 3.8) is 0 Å². The van der Waals surface area contributed by atoms with Crippen LogP contribution in [0.15, 0.2) is 164 Å². The highest BCUT2D eigenvalue weighted by atomic mass is 15.2. The van der Waals surface area contributed by atoms with Crippen molar-refractivity contribution in [1.82, 2.24) is 19.1 Å². The Bertz CT molecular complexity index is 3140. The number of hydrogen-bond donors (Lipinski definition) is 0. The standard InChI is InChI=1S/C49H34N4/c1-49(2)28-27-39-46(38-20-12-14-31-13-6-7-17-35(31)38)50-48(51-47(39)49)53-43-22-11-9-19-37(43)41-30-33(24-26-45(41)53)32-23-25-44-40(29-32)36-18-8-10-21-42(36)52(44)34-15-4-3-5-16-34/h3-30H,1-2H3. The summed E-state index contributed by atoms with van der Waals surface area (Å²) in [6, 6.07) is 56.8. The smallest absolute Gasteiger partial charge is 0.235 e. The lowest BCUT2D eigenvalue weighted by Gasteiger charge is -2.20. The topological polar surface area (TPSA) is 35.6 Å². The lowest BCUT2D eigenvalue weighted by molar-refractivity contribution is 0.651. The molecule has 11 rings (SSSR count). The molecule has 0 aliphatic heterocycles. The van der Waals surface area contributed by atoms with E-state index in [1.54, 1.807) is 0 Å². The van der Waals surface area contributed by atoms with Crippen LogP contribution in [0.2, 0.25) is 0 Å². The molecule has 1 aliphatic rings. The Hall–Kier alpha value is -6.78. The molecular weight excluding hydrogens is 645 g/mol. The van der Waals surface area contributed by atoms with E-state index >= 15 is 0 Å². The minimum Gasteiger partial charge on any atom is -0.309 e. The summed E-state index contributed by atoms with van der Waals surface area (Å²) in [7, 11) is 0. The summed E-state index contributed by atoms with van der Waals surface area (Å²) in [5, 5.41) is 7.24. The molecule has 53 heavy (non-hydrogen) atoms. The third-order valence-corrected chi connectivity index (χ3v) is 11.1. The molecule has 1 aliphatic carbocycles. The number of hydrogen-bond acceptors (Lipinski definition) is 2. The summed E-state index contributed by atoms with van der Waals surface area (Å²) in [6.07, 6.45) is 4.47. The van der Waals surface area contributed by atoms with Gasteiger partial charge in [0.25, 0.3) is 0 Å². The number of aromatic nitrogens is 4. The summed E-state index contributed by atoms with van der Waals surface area (Å²) in [5.74, 6) is 0.692. The number of allylic oxidation sites excluding steroid dienone is 1. The van der Waals surface area contributed by atoms with Crippen molar-refractivity contribution in [3.8, 4) is 34.0 Å². The van der Waals surface area contributed by atoms with Gasteiger partial charge in [0.15, 0.2) is 0 Å². The monoisotopic (exact) mass is 678 g/mol. The molecule has 4 nitrogen and oxygen atoms in total. The molecule has 0 amide bonds. The fourth-order valence-electron chi connectivity index (χ4n) is 8.59. The van der Waals surface area contributed by atoms with Gasteiger partial charge in [0.1, 0.15) is 0 Å². The van der Waals surface area contributed by atoms with Gasteiger partial charge in [0, 0.05) is 43.8 Å². The first-order valence-electron chi connectivity index (χ1n) is 18.3. The van der Waals surface area contributed by atoms with E-state index < -0.39 is 0 Å². The maximum absolute atomic E-state index is 5.44. The summed E-state index contributed by atoms with van der Waals surface area (Å²) in [4.78, 5) is 10.8. The SMILES string of the molecule is CC1(C)C=Cc2c(-c3cccc4ccccc34)nc(-n3c4ccccc4c4cc(-c5ccc6c(c5)c5ccccc5n6-c5ccccc5)ccc43)nc21. The minimum atomic E-state index is -0.222. The quantitative estimate of drug-likeness (QED) is 0.186. The van der Waals surface area contributed by atoms with E-state index in [1.807, 2.05) is 0 Å². The van der Waals surface area contributed by atoms with Crippen LogP contribution in [-0.4, -0.2) is 19.1 Å². The van der Waals surface area contributed by atoms with Crippen LogP contribution in [0.4, 0.5) is 0 Å². The van der Waals surface area contributed by atoms with Crippen molar-refractivity contribution in [1.29, 1.82) is 0 Å². The molecule has 10 aromatic rings. The molecule has 0 atom stereocenters. The van der Waals surface area contributed by atoms with Crippen molar-refractivity contribution < 1.29 is 0 Å². The lowest BCUT2D eigenvalue weighted by atomic mass is 9.90. The van der Waals surface area contributed by atoms with E-state index in [0.717, 1.165) is 39.2 Å². The van der Waals surface area contributed by atoms with Crippen LogP contribution in [0.25, 0.3) is 94.5 Å². The van der Waals surface area contributed by atoms with Crippen LogP contribution in [0.1, 0.15) is 25.1 Å². The van der Waals surface area contributed by atoms with Crippen LogP contribution < -0.4 is 0 Å². The highest BCUT2D eigenvalue weighted by Gasteiger charge is 2.31. The Morgan fingerprint density at radius 3 is 1.75 bits per heavy atom. The van der Waals surface area contributed by atoms with Gasteiger partial charge in [0.2, 0.25) is 5.95 Å². The van der Waals surface area contributed by atoms with E-state index in [0.29, 0.717) is 5.95 Å². The van der Waals surface area contributed by atoms with Gasteiger partial charge in [-0.3, -0.25) is 4.57 Å². The first-order valence-corrected chi connectivity index (χ1v) is 18.3. The highest BCUT2D eigenvalue weighted by Crippen LogP contribution is 2.43. The Kier molecular flexibility index (Phi) is 6.27. The zero-order valence-electron chi connectivity index (χ0n) is 29.5. The molecule has 0 fully saturated rings. The van der Waals surface area contributed by atoms with Crippen molar-refractivity contribution in [2.45, 2.75) is 19.3 Å². The number of fused-ring (bicyclic) bond motifs is 8. The summed E-state index contributed by atoms with van der Waals surface area (Å²) in [5.41, 5.74) is 12.1. The molecule has 0 saturated carbocycles. The second kappa shape index (κ2) is 11.1. The van der Waals surface area contributed by atoms with E-state index in [2.05, 4.69) is 193 Å². The van der Waals surface area contributed by atoms with E-state index in [9.17, 15) is 0 Å². The van der Waals surface area contributed by atoms with Gasteiger partial charge < -0.3 is 4.57 Å². The van der Waals surface area contributed by atoms with E-state index in [-0.39, 0.29) is 5.41 Å². The molecule has 3 heterocycles. The zero-order chi connectivity index (χ0) is 35.3. The zero-order valence-corrected chi connectivity index (χ0v) is 29.5. The molecule has 250 valence electrons. The third kappa shape index (κ3) is 4.42. The average molecular weight is 679 g/mol. The highest BCUT2D eigenvalue weighted by molar-refractivity contribution is 6.12. The molecule has 4 heteroatoms. The van der Waals surface area contributed by atoms with Crippen LogP contribution in [0.5, 0.6) is 0 Å². The van der Waals surface area contributed by atoms with Crippen molar-refractivity contribution in [3.05, 3.63) is 175 Å². The van der Waals surface area contributed by atoms with Gasteiger partial charge in [-0.1, -0.05) is 135 Å². The number of rotatable bonds is 4. The number of para-hydroxylation sites is 3. The number of nitrogens with zero attached hydrogens (tertiary/aromatic N) is 4. The van der Waals surface area contributed by atoms with Gasteiger partial charge in [0.05, 0.1) is 33.5 Å². The van der Waals surface area contributed by atoms with Gasteiger partial charge in [-0.25, -0.2) is 9.97 Å². The number of benzene rings is 7. The third-order valence-electron chi connectivity index (χ3n) is 11.1. The fraction of sp³-hybridized carbons (Fsp3) is 0.0612. The maximum Gasteiger partial charge on any atom is 0.235 e. The molecule has 0 spiro atoms. The van der Waals surface area contributed by atoms with Crippen LogP contribution >= 0.6 is 0 Å². The van der Waals surface area contributed by atoms with Crippen molar-refractivity contribution in [2.24, 2.45) is 0 Å². The van der Waals surface area contributed by atoms with Crippen molar-refractivity contribution in [2.75, 3.05) is 0 Å². The van der Waals surface area contributed by atoms with Gasteiger partial charge >= 0.3 is 0 Å². The predicted molar refractivity (Wildman–Crippen MR) is 221 cm³/mol.